The van der Waals surface area contributed by atoms with Crippen LogP contribution in [0.25, 0.3) is 0 Å². The molecule has 0 aliphatic rings. The van der Waals surface area contributed by atoms with E-state index < -0.39 is 24.3 Å². The topological polar surface area (TPSA) is 78.9 Å². The van der Waals surface area contributed by atoms with Crippen molar-refractivity contribution < 1.29 is 23.9 Å². The van der Waals surface area contributed by atoms with Crippen LogP contribution in [0.1, 0.15) is 48.5 Å². The van der Waals surface area contributed by atoms with Crippen molar-refractivity contribution in [3.63, 3.8) is 0 Å². The van der Waals surface area contributed by atoms with Crippen molar-refractivity contribution in [2.24, 2.45) is 5.41 Å². The molecule has 0 aliphatic heterocycles. The summed E-state index contributed by atoms with van der Waals surface area (Å²) < 4.78 is 23.7. The van der Waals surface area contributed by atoms with Crippen molar-refractivity contribution in [2.75, 3.05) is 19.8 Å². The molecule has 20 heavy (non-hydrogen) atoms. The first-order valence-electron chi connectivity index (χ1n) is 6.92. The lowest BCUT2D eigenvalue weighted by molar-refractivity contribution is -0.253. The van der Waals surface area contributed by atoms with E-state index >= 15 is 0 Å². The largest absolute Gasteiger partial charge is 0.394 e. The molecule has 1 atom stereocenters. The molecule has 0 aromatic carbocycles. The molecular weight excluding hydrogens is 281 g/mol. The van der Waals surface area contributed by atoms with E-state index in [1.165, 1.54) is 0 Å². The molecule has 0 aromatic heterocycles. The lowest BCUT2D eigenvalue weighted by Gasteiger charge is -2.44. The van der Waals surface area contributed by atoms with Gasteiger partial charge in [0.05, 0.1) is 25.4 Å². The molecule has 7 heteroatoms. The third-order valence-corrected chi connectivity index (χ3v) is 5.72. The smallest absolute Gasteiger partial charge is 0.350 e. The molecular formula is C13H29NO5P. The molecule has 1 radical (unpaired) electrons. The summed E-state index contributed by atoms with van der Waals surface area (Å²) in [6.45, 7) is 12.1. The fourth-order valence-electron chi connectivity index (χ4n) is 1.89. The fraction of sp³-hybridized carbons (Fsp3) is 1.00. The first-order valence-corrected chi connectivity index (χ1v) is 8.53. The predicted molar refractivity (Wildman–Crippen MR) is 77.8 cm³/mol. The van der Waals surface area contributed by atoms with Crippen LogP contribution in [0.2, 0.25) is 0 Å². The molecule has 0 aromatic rings. The minimum atomic E-state index is -3.61. The molecule has 0 fully saturated rings. The van der Waals surface area contributed by atoms with Gasteiger partial charge in [-0.1, -0.05) is 20.8 Å². The highest BCUT2D eigenvalue weighted by molar-refractivity contribution is 7.54. The van der Waals surface area contributed by atoms with E-state index in [0.29, 0.717) is 5.06 Å². The van der Waals surface area contributed by atoms with E-state index in [1.54, 1.807) is 48.5 Å². The van der Waals surface area contributed by atoms with E-state index in [-0.39, 0.29) is 19.8 Å². The van der Waals surface area contributed by atoms with Gasteiger partial charge in [0.15, 0.2) is 0 Å². The van der Waals surface area contributed by atoms with Crippen molar-refractivity contribution in [3.05, 3.63) is 0 Å². The van der Waals surface area contributed by atoms with Gasteiger partial charge in [-0.3, -0.25) is 4.57 Å². The third kappa shape index (κ3) is 4.79. The second kappa shape index (κ2) is 7.34. The van der Waals surface area contributed by atoms with Gasteiger partial charge in [0.1, 0.15) is 5.78 Å². The van der Waals surface area contributed by atoms with Crippen LogP contribution in [0.3, 0.4) is 0 Å². The monoisotopic (exact) mass is 310 g/mol. The molecule has 0 rings (SSSR count). The number of aliphatic hydroxyl groups excluding tert-OH is 1. The predicted octanol–water partition coefficient (Wildman–Crippen LogP) is 3.04. The van der Waals surface area contributed by atoms with E-state index in [2.05, 4.69) is 0 Å². The van der Waals surface area contributed by atoms with Crippen LogP contribution in [-0.2, 0) is 18.8 Å². The number of hydroxylamine groups is 2. The zero-order chi connectivity index (χ0) is 16.2. The minimum Gasteiger partial charge on any atom is -0.394 e. The van der Waals surface area contributed by atoms with Crippen molar-refractivity contribution in [3.8, 4) is 0 Å². The SMILES string of the molecule is CCOP(=O)(OCC)[C@H](N([O])C(C)(C)CO)C(C)(C)C. The van der Waals surface area contributed by atoms with Crippen LogP contribution >= 0.6 is 7.60 Å². The van der Waals surface area contributed by atoms with E-state index in [4.69, 9.17) is 9.05 Å². The van der Waals surface area contributed by atoms with Gasteiger partial charge in [-0.05, 0) is 33.1 Å². The van der Waals surface area contributed by atoms with Gasteiger partial charge in [0.2, 0.25) is 0 Å². The van der Waals surface area contributed by atoms with Gasteiger partial charge >= 0.3 is 7.60 Å². The van der Waals surface area contributed by atoms with Crippen LogP contribution in [0, 0.1) is 5.41 Å². The van der Waals surface area contributed by atoms with E-state index in [0.717, 1.165) is 0 Å². The molecule has 0 heterocycles. The average Bonchev–Trinajstić information content (AvgIpc) is 2.27. The Balaban J connectivity index is 5.72. The maximum Gasteiger partial charge on any atom is 0.350 e. The highest BCUT2D eigenvalue weighted by Crippen LogP contribution is 2.60. The van der Waals surface area contributed by atoms with Gasteiger partial charge in [-0.15, -0.1) is 10.3 Å². The molecule has 0 bridgehead atoms. The Morgan fingerprint density at radius 3 is 1.75 bits per heavy atom. The summed E-state index contributed by atoms with van der Waals surface area (Å²) in [4.78, 5) is 0. The Labute approximate surface area is 122 Å². The lowest BCUT2D eigenvalue weighted by atomic mass is 9.93. The zero-order valence-corrected chi connectivity index (χ0v) is 14.6. The Hall–Kier alpha value is 0.0300. The summed E-state index contributed by atoms with van der Waals surface area (Å²) in [5.41, 5.74) is -1.70. The maximum atomic E-state index is 13.0. The number of nitrogens with zero attached hydrogens (tertiary/aromatic N) is 1. The normalized spacial score (nSPS) is 15.7. The number of aliphatic hydroxyl groups is 1. The Morgan fingerprint density at radius 2 is 1.50 bits per heavy atom. The first kappa shape index (κ1) is 20.0. The average molecular weight is 310 g/mol. The van der Waals surface area contributed by atoms with Crippen molar-refractivity contribution in [1.29, 1.82) is 0 Å². The summed E-state index contributed by atoms with van der Waals surface area (Å²) in [7, 11) is -3.61. The second-order valence-corrected chi connectivity index (χ2v) is 8.50. The van der Waals surface area contributed by atoms with Crippen LogP contribution in [0.5, 0.6) is 0 Å². The Kier molecular flexibility index (Phi) is 7.35. The van der Waals surface area contributed by atoms with Crippen LogP contribution in [0.15, 0.2) is 0 Å². The standard InChI is InChI=1S/C13H29NO5P/c1-8-18-20(17,19-9-2)11(12(3,4)5)14(16)13(6,7)10-15/h11,15H,8-10H2,1-7H3/t11-/m0/s1. The molecule has 0 aliphatic carbocycles. The summed E-state index contributed by atoms with van der Waals surface area (Å²) >= 11 is 0. The third-order valence-electron chi connectivity index (χ3n) is 2.90. The molecule has 0 spiro atoms. The van der Waals surface area contributed by atoms with Gasteiger partial charge in [0.25, 0.3) is 0 Å². The minimum absolute atomic E-state index is 0.192. The van der Waals surface area contributed by atoms with E-state index in [9.17, 15) is 14.9 Å². The summed E-state index contributed by atoms with van der Waals surface area (Å²) in [5.74, 6) is -0.989. The molecule has 0 saturated heterocycles. The fourth-order valence-corrected chi connectivity index (χ4v) is 4.49. The number of hydrogen-bond donors (Lipinski definition) is 1. The van der Waals surface area contributed by atoms with Crippen LogP contribution in [0.4, 0.5) is 0 Å². The first-order chi connectivity index (χ1) is 8.96. The zero-order valence-electron chi connectivity index (χ0n) is 13.7. The van der Waals surface area contributed by atoms with Crippen LogP contribution < -0.4 is 0 Å². The number of hydrogen-bond acceptors (Lipinski definition) is 5. The van der Waals surface area contributed by atoms with Crippen molar-refractivity contribution in [2.45, 2.75) is 59.8 Å². The molecule has 121 valence electrons. The molecule has 1 N–H and O–H groups in total. The quantitative estimate of drug-likeness (QED) is 0.550. The van der Waals surface area contributed by atoms with Gasteiger partial charge < -0.3 is 14.2 Å². The molecule has 6 nitrogen and oxygen atoms in total. The lowest BCUT2D eigenvalue weighted by Crippen LogP contribution is -2.54. The summed E-state index contributed by atoms with van der Waals surface area (Å²) in [5, 5.41) is 22.7. The Morgan fingerprint density at radius 1 is 1.10 bits per heavy atom. The van der Waals surface area contributed by atoms with Gasteiger partial charge in [-0.2, -0.15) is 0 Å². The highest BCUT2D eigenvalue weighted by Gasteiger charge is 2.51. The van der Waals surface area contributed by atoms with Gasteiger partial charge in [-0.25, -0.2) is 0 Å². The molecule has 0 amide bonds. The summed E-state index contributed by atoms with van der Waals surface area (Å²) in [6, 6.07) is 0. The summed E-state index contributed by atoms with van der Waals surface area (Å²) in [6.07, 6.45) is 0. The van der Waals surface area contributed by atoms with Crippen molar-refractivity contribution in [1.82, 2.24) is 5.06 Å². The van der Waals surface area contributed by atoms with Crippen LogP contribution in [-0.4, -0.2) is 41.3 Å². The maximum absolute atomic E-state index is 13.0. The number of rotatable bonds is 8. The highest BCUT2D eigenvalue weighted by atomic mass is 31.2. The van der Waals surface area contributed by atoms with Gasteiger partial charge in [0, 0.05) is 0 Å². The van der Waals surface area contributed by atoms with Crippen molar-refractivity contribution >= 4 is 7.60 Å². The molecule has 0 unspecified atom stereocenters. The molecule has 0 saturated carbocycles. The Bertz CT molecular complexity index is 330. The second-order valence-electron chi connectivity index (χ2n) is 6.41. The van der Waals surface area contributed by atoms with E-state index in [1.807, 2.05) is 0 Å².